The van der Waals surface area contributed by atoms with E-state index in [0.29, 0.717) is 6.04 Å². The van der Waals surface area contributed by atoms with Crippen molar-refractivity contribution in [3.05, 3.63) is 0 Å². The molecule has 2 heteroatoms. The van der Waals surface area contributed by atoms with Crippen molar-refractivity contribution in [2.75, 3.05) is 7.05 Å². The topological polar surface area (TPSA) is 27.0 Å². The molecule has 1 rings (SSSR count). The van der Waals surface area contributed by atoms with Crippen LogP contribution in [0.2, 0.25) is 0 Å². The molecule has 1 fully saturated rings. The first-order valence-electron chi connectivity index (χ1n) is 3.37. The van der Waals surface area contributed by atoms with Crippen LogP contribution in [-0.2, 0) is 0 Å². The van der Waals surface area contributed by atoms with Gasteiger partial charge in [0.2, 0.25) is 0 Å². The van der Waals surface area contributed by atoms with Gasteiger partial charge < -0.3 is 0 Å². The number of nitriles is 1. The van der Waals surface area contributed by atoms with E-state index < -0.39 is 0 Å². The largest absolute Gasteiger partial charge is 0.288 e. The predicted molar refractivity (Wildman–Crippen MR) is 35.9 cm³/mol. The SMILES string of the molecule is C[C@@H]1CC[C@@H](C#N)N1C. The number of hydrogen-bond acceptors (Lipinski definition) is 2. The van der Waals surface area contributed by atoms with Gasteiger partial charge in [-0.25, -0.2) is 0 Å². The highest BCUT2D eigenvalue weighted by molar-refractivity contribution is 4.97. The minimum atomic E-state index is 0.181. The van der Waals surface area contributed by atoms with Gasteiger partial charge in [0.25, 0.3) is 0 Å². The average molecular weight is 124 g/mol. The maximum Gasteiger partial charge on any atom is 0.0978 e. The first-order valence-corrected chi connectivity index (χ1v) is 3.37. The summed E-state index contributed by atoms with van der Waals surface area (Å²) in [6, 6.07) is 3.06. The second-order valence-corrected chi connectivity index (χ2v) is 2.74. The molecule has 1 heterocycles. The van der Waals surface area contributed by atoms with Gasteiger partial charge in [0.05, 0.1) is 12.1 Å². The number of hydrogen-bond donors (Lipinski definition) is 0. The third-order valence-electron chi connectivity index (χ3n) is 2.19. The van der Waals surface area contributed by atoms with Crippen LogP contribution >= 0.6 is 0 Å². The Morgan fingerprint density at radius 1 is 1.56 bits per heavy atom. The highest BCUT2D eigenvalue weighted by Crippen LogP contribution is 2.20. The van der Waals surface area contributed by atoms with Crippen molar-refractivity contribution >= 4 is 0 Å². The van der Waals surface area contributed by atoms with Crippen molar-refractivity contribution < 1.29 is 0 Å². The molecular formula is C7H12N2. The van der Waals surface area contributed by atoms with E-state index in [1.165, 1.54) is 6.42 Å². The van der Waals surface area contributed by atoms with Gasteiger partial charge in [0.15, 0.2) is 0 Å². The van der Waals surface area contributed by atoms with Gasteiger partial charge in [0.1, 0.15) is 0 Å². The first kappa shape index (κ1) is 6.57. The number of nitrogens with zero attached hydrogens (tertiary/aromatic N) is 2. The van der Waals surface area contributed by atoms with E-state index in [4.69, 9.17) is 5.26 Å². The smallest absolute Gasteiger partial charge is 0.0978 e. The lowest BCUT2D eigenvalue weighted by molar-refractivity contribution is 0.291. The second-order valence-electron chi connectivity index (χ2n) is 2.74. The molecule has 0 radical (unpaired) electrons. The monoisotopic (exact) mass is 124 g/mol. The van der Waals surface area contributed by atoms with Crippen molar-refractivity contribution in [1.29, 1.82) is 5.26 Å². The van der Waals surface area contributed by atoms with Crippen LogP contribution in [0.15, 0.2) is 0 Å². The summed E-state index contributed by atoms with van der Waals surface area (Å²) in [6.45, 7) is 2.16. The lowest BCUT2D eigenvalue weighted by Gasteiger charge is -2.16. The van der Waals surface area contributed by atoms with Gasteiger partial charge in [0, 0.05) is 6.04 Å². The number of likely N-dealkylation sites (tertiary alicyclic amines) is 1. The van der Waals surface area contributed by atoms with Crippen LogP contribution in [0.3, 0.4) is 0 Å². The van der Waals surface area contributed by atoms with Gasteiger partial charge in [-0.3, -0.25) is 4.90 Å². The third-order valence-corrected chi connectivity index (χ3v) is 2.19. The van der Waals surface area contributed by atoms with Gasteiger partial charge in [-0.05, 0) is 26.8 Å². The molecule has 9 heavy (non-hydrogen) atoms. The second kappa shape index (κ2) is 2.36. The summed E-state index contributed by atoms with van der Waals surface area (Å²) in [5, 5.41) is 8.56. The molecule has 0 aliphatic carbocycles. The first-order chi connectivity index (χ1) is 4.25. The summed E-state index contributed by atoms with van der Waals surface area (Å²) < 4.78 is 0. The van der Waals surface area contributed by atoms with Crippen LogP contribution < -0.4 is 0 Å². The minimum Gasteiger partial charge on any atom is -0.288 e. The molecule has 1 aliphatic rings. The van der Waals surface area contributed by atoms with Gasteiger partial charge in [-0.1, -0.05) is 0 Å². The van der Waals surface area contributed by atoms with Crippen LogP contribution in [0.5, 0.6) is 0 Å². The molecule has 2 atom stereocenters. The Morgan fingerprint density at radius 2 is 2.22 bits per heavy atom. The fourth-order valence-electron chi connectivity index (χ4n) is 1.27. The Bertz CT molecular complexity index is 136. The minimum absolute atomic E-state index is 0.181. The summed E-state index contributed by atoms with van der Waals surface area (Å²) in [5.74, 6) is 0. The zero-order valence-corrected chi connectivity index (χ0v) is 5.96. The van der Waals surface area contributed by atoms with Crippen molar-refractivity contribution in [3.8, 4) is 6.07 Å². The zero-order chi connectivity index (χ0) is 6.85. The summed E-state index contributed by atoms with van der Waals surface area (Å²) in [6.07, 6.45) is 2.23. The average Bonchev–Trinajstić information content (AvgIpc) is 2.15. The normalized spacial score (nSPS) is 36.6. The van der Waals surface area contributed by atoms with Gasteiger partial charge >= 0.3 is 0 Å². The molecule has 0 spiro atoms. The third kappa shape index (κ3) is 1.06. The predicted octanol–water partition coefficient (Wildman–Crippen LogP) is 0.993. The van der Waals surface area contributed by atoms with Crippen molar-refractivity contribution in [1.82, 2.24) is 4.90 Å². The van der Waals surface area contributed by atoms with Crippen LogP contribution in [0.25, 0.3) is 0 Å². The van der Waals surface area contributed by atoms with E-state index in [0.717, 1.165) is 6.42 Å². The molecule has 0 aromatic heterocycles. The maximum absolute atomic E-state index is 8.56. The molecule has 0 unspecified atom stereocenters. The zero-order valence-electron chi connectivity index (χ0n) is 5.96. The van der Waals surface area contributed by atoms with E-state index >= 15 is 0 Å². The van der Waals surface area contributed by atoms with Gasteiger partial charge in [-0.15, -0.1) is 0 Å². The highest BCUT2D eigenvalue weighted by atomic mass is 15.2. The fraction of sp³-hybridized carbons (Fsp3) is 0.857. The molecule has 0 saturated carbocycles. The molecule has 50 valence electrons. The molecule has 0 N–H and O–H groups in total. The van der Waals surface area contributed by atoms with E-state index in [1.54, 1.807) is 0 Å². The van der Waals surface area contributed by atoms with Crippen molar-refractivity contribution in [3.63, 3.8) is 0 Å². The lowest BCUT2D eigenvalue weighted by atomic mass is 10.2. The van der Waals surface area contributed by atoms with Crippen LogP contribution in [0.4, 0.5) is 0 Å². The van der Waals surface area contributed by atoms with Crippen molar-refractivity contribution in [2.45, 2.75) is 31.8 Å². The van der Waals surface area contributed by atoms with Crippen LogP contribution in [-0.4, -0.2) is 24.0 Å². The van der Waals surface area contributed by atoms with Crippen LogP contribution in [0.1, 0.15) is 19.8 Å². The summed E-state index contributed by atoms with van der Waals surface area (Å²) >= 11 is 0. The number of rotatable bonds is 0. The molecule has 1 saturated heterocycles. The Morgan fingerprint density at radius 3 is 2.44 bits per heavy atom. The van der Waals surface area contributed by atoms with Crippen LogP contribution in [0, 0.1) is 11.3 Å². The van der Waals surface area contributed by atoms with E-state index in [9.17, 15) is 0 Å². The molecule has 0 amide bonds. The fourth-order valence-corrected chi connectivity index (χ4v) is 1.27. The molecule has 0 aromatic carbocycles. The molecule has 1 aliphatic heterocycles. The maximum atomic E-state index is 8.56. The molecule has 0 bridgehead atoms. The van der Waals surface area contributed by atoms with Gasteiger partial charge in [-0.2, -0.15) is 5.26 Å². The standard InChI is InChI=1S/C7H12N2/c1-6-3-4-7(5-8)9(6)2/h6-7H,3-4H2,1-2H3/t6-,7+/m1/s1. The molecule has 0 aromatic rings. The Kier molecular flexibility index (Phi) is 1.73. The molecule has 2 nitrogen and oxygen atoms in total. The lowest BCUT2D eigenvalue weighted by Crippen LogP contribution is -2.28. The summed E-state index contributed by atoms with van der Waals surface area (Å²) in [5.41, 5.74) is 0. The quantitative estimate of drug-likeness (QED) is 0.481. The van der Waals surface area contributed by atoms with Crippen molar-refractivity contribution in [2.24, 2.45) is 0 Å². The Balaban J connectivity index is 2.54. The van der Waals surface area contributed by atoms with E-state index in [1.807, 2.05) is 7.05 Å². The highest BCUT2D eigenvalue weighted by Gasteiger charge is 2.26. The van der Waals surface area contributed by atoms with E-state index in [-0.39, 0.29) is 6.04 Å². The summed E-state index contributed by atoms with van der Waals surface area (Å²) in [4.78, 5) is 2.14. The Hall–Kier alpha value is -0.550. The van der Waals surface area contributed by atoms with E-state index in [2.05, 4.69) is 17.9 Å². The molecular weight excluding hydrogens is 112 g/mol. The Labute approximate surface area is 56.1 Å². The summed E-state index contributed by atoms with van der Waals surface area (Å²) in [7, 11) is 2.02.